The number of nitrogens with two attached hydrogens (primary N) is 1. The van der Waals surface area contributed by atoms with Crippen LogP contribution in [0.1, 0.15) is 11.1 Å². The molecule has 1 heterocycles. The normalized spacial score (nSPS) is 12.4. The molecular weight excluding hydrogens is 376 g/mol. The van der Waals surface area contributed by atoms with Crippen LogP contribution in [0.5, 0.6) is 0 Å². The summed E-state index contributed by atoms with van der Waals surface area (Å²) in [6.45, 7) is 0.946. The zero-order chi connectivity index (χ0) is 21.0. The summed E-state index contributed by atoms with van der Waals surface area (Å²) in [5, 5.41) is 3.94. The van der Waals surface area contributed by atoms with Crippen LogP contribution in [0.4, 0.5) is 14.5 Å². The fraction of sp³-hybridized carbons (Fsp3) is 0.190. The number of fused-ring (bicyclic) bond motifs is 1. The number of halogens is 2. The van der Waals surface area contributed by atoms with E-state index in [2.05, 4.69) is 20.0 Å². The molecule has 6 nitrogen and oxygen atoms in total. The molecule has 3 aromatic rings. The number of H-pyrrole nitrogens is 1. The third-order valence-electron chi connectivity index (χ3n) is 4.42. The van der Waals surface area contributed by atoms with Crippen molar-refractivity contribution in [3.05, 3.63) is 75.6 Å². The Kier molecular flexibility index (Phi) is 6.13. The minimum absolute atomic E-state index is 0.109. The van der Waals surface area contributed by atoms with Gasteiger partial charge in [-0.3, -0.25) is 9.79 Å². The number of hydrogen-bond donors (Lipinski definition) is 2. The number of nitrogens with zero attached hydrogens (tertiary/aromatic N) is 3. The summed E-state index contributed by atoms with van der Waals surface area (Å²) in [6.07, 6.45) is 2.29. The van der Waals surface area contributed by atoms with E-state index in [9.17, 15) is 13.6 Å². The molecular formula is C21H21F2N5O. The first-order valence-electron chi connectivity index (χ1n) is 8.95. The van der Waals surface area contributed by atoms with Gasteiger partial charge in [0.2, 0.25) is 0 Å². The molecule has 0 aliphatic heterocycles. The van der Waals surface area contributed by atoms with Crippen molar-refractivity contribution in [3.63, 3.8) is 0 Å². The molecule has 0 spiro atoms. The van der Waals surface area contributed by atoms with Gasteiger partial charge in [-0.05, 0) is 50.3 Å². The van der Waals surface area contributed by atoms with Crippen molar-refractivity contribution in [1.82, 2.24) is 9.88 Å². The fourth-order valence-corrected chi connectivity index (χ4v) is 2.80. The van der Waals surface area contributed by atoms with E-state index in [1.54, 1.807) is 0 Å². The summed E-state index contributed by atoms with van der Waals surface area (Å²) in [6, 6.07) is 11.0. The predicted molar refractivity (Wildman–Crippen MR) is 112 cm³/mol. The summed E-state index contributed by atoms with van der Waals surface area (Å²) in [5.74, 6) is 3.39. The lowest BCUT2D eigenvalue weighted by molar-refractivity contribution is 0.413. The van der Waals surface area contributed by atoms with Gasteiger partial charge in [-0.2, -0.15) is 5.10 Å². The van der Waals surface area contributed by atoms with E-state index in [-0.39, 0.29) is 16.8 Å². The summed E-state index contributed by atoms with van der Waals surface area (Å²) in [4.78, 5) is 21.3. The topological polar surface area (TPSA) is 86.8 Å². The third-order valence-corrected chi connectivity index (χ3v) is 4.42. The Morgan fingerprint density at radius 2 is 1.83 bits per heavy atom. The van der Waals surface area contributed by atoms with Crippen LogP contribution in [0.15, 0.2) is 57.4 Å². The number of nitrogens with one attached hydrogen (secondary N) is 1. The van der Waals surface area contributed by atoms with E-state index >= 15 is 0 Å². The predicted octanol–water partition coefficient (Wildman–Crippen LogP) is 2.98. The van der Waals surface area contributed by atoms with E-state index in [1.165, 1.54) is 17.8 Å². The van der Waals surface area contributed by atoms with Crippen LogP contribution in [0, 0.1) is 11.6 Å². The molecule has 29 heavy (non-hydrogen) atoms. The summed E-state index contributed by atoms with van der Waals surface area (Å²) in [5.41, 5.74) is 1.74. The van der Waals surface area contributed by atoms with Gasteiger partial charge in [0.05, 0.1) is 23.0 Å². The van der Waals surface area contributed by atoms with Crippen LogP contribution in [0.2, 0.25) is 0 Å². The van der Waals surface area contributed by atoms with Gasteiger partial charge < -0.3 is 15.7 Å². The van der Waals surface area contributed by atoms with Gasteiger partial charge in [0.15, 0.2) is 11.6 Å². The average molecular weight is 397 g/mol. The lowest BCUT2D eigenvalue weighted by Gasteiger charge is -2.09. The van der Waals surface area contributed by atoms with Crippen molar-refractivity contribution in [2.24, 2.45) is 15.9 Å². The van der Waals surface area contributed by atoms with Crippen LogP contribution in [0.3, 0.4) is 0 Å². The second-order valence-corrected chi connectivity index (χ2v) is 6.86. The molecule has 0 amide bonds. The number of benzene rings is 2. The number of aromatic amines is 1. The van der Waals surface area contributed by atoms with Crippen molar-refractivity contribution < 1.29 is 8.78 Å². The molecule has 150 valence electrons. The molecule has 0 aliphatic rings. The lowest BCUT2D eigenvalue weighted by atomic mass is 10.1. The molecule has 3 rings (SSSR count). The number of pyridine rings is 1. The van der Waals surface area contributed by atoms with Gasteiger partial charge in [0.25, 0.3) is 5.56 Å². The first-order chi connectivity index (χ1) is 13.9. The molecule has 0 radical (unpaired) electrons. The first-order valence-corrected chi connectivity index (χ1v) is 8.95. The highest BCUT2D eigenvalue weighted by Gasteiger charge is 2.11. The number of aromatic nitrogens is 1. The average Bonchev–Trinajstić information content (AvgIpc) is 2.69. The lowest BCUT2D eigenvalue weighted by Crippen LogP contribution is -2.20. The van der Waals surface area contributed by atoms with E-state index < -0.39 is 17.2 Å². The molecule has 0 unspecified atom stereocenters. The molecule has 0 saturated carbocycles. The maximum atomic E-state index is 13.5. The summed E-state index contributed by atoms with van der Waals surface area (Å²) < 4.78 is 26.9. The zero-order valence-electron chi connectivity index (χ0n) is 16.1. The second kappa shape index (κ2) is 8.74. The van der Waals surface area contributed by atoms with Crippen LogP contribution >= 0.6 is 0 Å². The van der Waals surface area contributed by atoms with Crippen molar-refractivity contribution in [2.45, 2.75) is 6.42 Å². The Bertz CT molecular complexity index is 1130. The van der Waals surface area contributed by atoms with Gasteiger partial charge in [-0.15, -0.1) is 0 Å². The van der Waals surface area contributed by atoms with E-state index in [0.717, 1.165) is 25.1 Å². The molecule has 3 N–H and O–H groups in total. The molecule has 1 aromatic heterocycles. The summed E-state index contributed by atoms with van der Waals surface area (Å²) in [7, 11) is 4.04. The summed E-state index contributed by atoms with van der Waals surface area (Å²) >= 11 is 0. The molecule has 2 aromatic carbocycles. The van der Waals surface area contributed by atoms with Crippen LogP contribution < -0.4 is 11.4 Å². The zero-order valence-corrected chi connectivity index (χ0v) is 16.1. The fourth-order valence-electron chi connectivity index (χ4n) is 2.80. The van der Waals surface area contributed by atoms with Crippen molar-refractivity contribution in [1.29, 1.82) is 0 Å². The highest BCUT2D eigenvalue weighted by atomic mass is 19.2. The Morgan fingerprint density at radius 3 is 2.48 bits per heavy atom. The Morgan fingerprint density at radius 1 is 1.14 bits per heavy atom. The quantitative estimate of drug-likeness (QED) is 0.381. The number of hydrogen-bond acceptors (Lipinski definition) is 5. The standard InChI is InChI=1S/C21H21F2N5O/c1-28(2)8-7-13-3-5-15(6-4-13)25-12-20(27-24)16-9-14-10-17(22)18(23)11-19(14)26-21(16)29/h3-6,9-12H,7-8,24H2,1-2H3,(H,26,29). The number of likely N-dealkylation sites (N-methyl/N-ethyl adjacent to an activating group) is 1. The van der Waals surface area contributed by atoms with Gasteiger partial charge in [-0.1, -0.05) is 12.1 Å². The molecule has 0 bridgehead atoms. The van der Waals surface area contributed by atoms with Crippen molar-refractivity contribution >= 4 is 28.5 Å². The van der Waals surface area contributed by atoms with Gasteiger partial charge in [0, 0.05) is 18.0 Å². The maximum Gasteiger partial charge on any atom is 0.258 e. The molecule has 0 aliphatic carbocycles. The van der Waals surface area contributed by atoms with E-state index in [1.807, 2.05) is 38.4 Å². The van der Waals surface area contributed by atoms with Gasteiger partial charge >= 0.3 is 0 Å². The molecule has 0 atom stereocenters. The Labute approximate surface area is 166 Å². The monoisotopic (exact) mass is 397 g/mol. The third kappa shape index (κ3) is 4.91. The minimum atomic E-state index is -1.04. The van der Waals surface area contributed by atoms with Gasteiger partial charge in [0.1, 0.15) is 5.71 Å². The van der Waals surface area contributed by atoms with Gasteiger partial charge in [-0.25, -0.2) is 8.78 Å². The number of hydrazone groups is 1. The SMILES string of the molecule is CN(C)CCc1ccc(N=CC(=NN)c2cc3cc(F)c(F)cc3[nH]c2=O)cc1. The van der Waals surface area contributed by atoms with Crippen LogP contribution in [0.25, 0.3) is 10.9 Å². The maximum absolute atomic E-state index is 13.5. The number of rotatable bonds is 6. The van der Waals surface area contributed by atoms with Crippen LogP contribution in [-0.4, -0.2) is 42.5 Å². The van der Waals surface area contributed by atoms with Crippen molar-refractivity contribution in [3.8, 4) is 0 Å². The first kappa shape index (κ1) is 20.3. The number of aliphatic imine (C=N–C) groups is 1. The molecule has 0 fully saturated rings. The van der Waals surface area contributed by atoms with E-state index in [4.69, 9.17) is 5.84 Å². The second-order valence-electron chi connectivity index (χ2n) is 6.86. The van der Waals surface area contributed by atoms with Crippen LogP contribution in [-0.2, 0) is 6.42 Å². The molecule has 8 heteroatoms. The highest BCUT2D eigenvalue weighted by molar-refractivity contribution is 6.38. The Hall–Kier alpha value is -3.39. The molecule has 0 saturated heterocycles. The van der Waals surface area contributed by atoms with E-state index in [0.29, 0.717) is 11.1 Å². The highest BCUT2D eigenvalue weighted by Crippen LogP contribution is 2.17. The van der Waals surface area contributed by atoms with Crippen molar-refractivity contribution in [2.75, 3.05) is 20.6 Å². The smallest absolute Gasteiger partial charge is 0.258 e. The Balaban J connectivity index is 1.85. The largest absolute Gasteiger partial charge is 0.323 e. The minimum Gasteiger partial charge on any atom is -0.323 e.